The number of carbonyl (C=O) groups is 2. The van der Waals surface area contributed by atoms with Crippen molar-refractivity contribution in [2.45, 2.75) is 45.6 Å². The van der Waals surface area contributed by atoms with Gasteiger partial charge in [0.25, 0.3) is 0 Å². The number of Topliss-reactive ketones (excluding diaryl/α,β-unsaturated/α-hetero) is 1. The molecule has 4 nitrogen and oxygen atoms in total. The topological polar surface area (TPSA) is 66.4 Å². The highest BCUT2D eigenvalue weighted by Crippen LogP contribution is 2.13. The molecule has 0 aliphatic carbocycles. The number of amides is 1. The maximum atomic E-state index is 11.7. The summed E-state index contributed by atoms with van der Waals surface area (Å²) in [6, 6.07) is 3.59. The molecule has 1 aromatic heterocycles. The van der Waals surface area contributed by atoms with Crippen molar-refractivity contribution in [3.63, 3.8) is 0 Å². The molecule has 1 unspecified atom stereocenters. The number of carbonyl (C=O) groups excluding carboxylic acids is 2. The molecule has 0 radical (unpaired) electrons. The Labute approximate surface area is 124 Å². The predicted molar refractivity (Wildman–Crippen MR) is 81.0 cm³/mol. The van der Waals surface area contributed by atoms with Gasteiger partial charge in [0.15, 0.2) is 5.78 Å². The second-order valence-corrected chi connectivity index (χ2v) is 5.80. The molecule has 0 aliphatic heterocycles. The zero-order valence-electron chi connectivity index (χ0n) is 12.1. The molecule has 0 saturated carbocycles. The Hall–Kier alpha value is -1.20. The minimum atomic E-state index is -0.512. The highest BCUT2D eigenvalue weighted by atomic mass is 32.1. The van der Waals surface area contributed by atoms with E-state index in [1.165, 1.54) is 11.3 Å². The highest BCUT2D eigenvalue weighted by molar-refractivity contribution is 7.12. The molecular weight excluding hydrogens is 274 g/mol. The first-order valence-corrected chi connectivity index (χ1v) is 7.97. The molecule has 1 atom stereocenters. The van der Waals surface area contributed by atoms with Gasteiger partial charge in [-0.1, -0.05) is 32.8 Å². The zero-order valence-corrected chi connectivity index (χ0v) is 12.9. The van der Waals surface area contributed by atoms with Crippen LogP contribution in [0.15, 0.2) is 17.5 Å². The van der Waals surface area contributed by atoms with Crippen molar-refractivity contribution in [1.82, 2.24) is 5.32 Å². The average molecular weight is 297 g/mol. The number of ketones is 1. The van der Waals surface area contributed by atoms with Crippen LogP contribution in [0.3, 0.4) is 0 Å². The lowest BCUT2D eigenvalue weighted by molar-refractivity contribution is -0.121. The summed E-state index contributed by atoms with van der Waals surface area (Å²) in [4.78, 5) is 24.1. The first-order valence-electron chi connectivity index (χ1n) is 7.09. The van der Waals surface area contributed by atoms with Gasteiger partial charge in [-0.2, -0.15) is 0 Å². The monoisotopic (exact) mass is 297 g/mol. The van der Waals surface area contributed by atoms with Crippen molar-refractivity contribution in [3.05, 3.63) is 22.4 Å². The van der Waals surface area contributed by atoms with E-state index < -0.39 is 6.10 Å². The van der Waals surface area contributed by atoms with E-state index >= 15 is 0 Å². The molecule has 1 rings (SSSR count). The van der Waals surface area contributed by atoms with Crippen LogP contribution in [-0.4, -0.2) is 29.4 Å². The van der Waals surface area contributed by atoms with Gasteiger partial charge >= 0.3 is 0 Å². The smallest absolute Gasteiger partial charge is 0.220 e. The van der Waals surface area contributed by atoms with E-state index in [4.69, 9.17) is 0 Å². The third kappa shape index (κ3) is 5.43. The number of hydrogen-bond acceptors (Lipinski definition) is 4. The second kappa shape index (κ2) is 8.87. The molecular formula is C15H23NO3S. The number of nitrogens with one attached hydrogen (secondary N) is 1. The molecule has 1 aromatic rings. The highest BCUT2D eigenvalue weighted by Gasteiger charge is 2.16. The Morgan fingerprint density at radius 3 is 2.55 bits per heavy atom. The van der Waals surface area contributed by atoms with Gasteiger partial charge in [0.05, 0.1) is 11.0 Å². The van der Waals surface area contributed by atoms with Gasteiger partial charge in [0.1, 0.15) is 0 Å². The quantitative estimate of drug-likeness (QED) is 0.689. The fraction of sp³-hybridized carbons (Fsp3) is 0.600. The van der Waals surface area contributed by atoms with Gasteiger partial charge in [-0.25, -0.2) is 0 Å². The molecule has 0 bridgehead atoms. The lowest BCUT2D eigenvalue weighted by Crippen LogP contribution is -2.36. The van der Waals surface area contributed by atoms with Gasteiger partial charge in [-0.15, -0.1) is 11.3 Å². The Morgan fingerprint density at radius 1 is 1.30 bits per heavy atom. The van der Waals surface area contributed by atoms with Crippen molar-refractivity contribution in [2.75, 3.05) is 6.54 Å². The fourth-order valence-electron chi connectivity index (χ4n) is 2.09. The van der Waals surface area contributed by atoms with E-state index in [-0.39, 0.29) is 37.0 Å². The summed E-state index contributed by atoms with van der Waals surface area (Å²) in [5, 5.41) is 14.4. The van der Waals surface area contributed by atoms with Crippen LogP contribution in [0, 0.1) is 5.92 Å². The van der Waals surface area contributed by atoms with Gasteiger partial charge in [0, 0.05) is 19.4 Å². The second-order valence-electron chi connectivity index (χ2n) is 4.85. The van der Waals surface area contributed by atoms with Crippen LogP contribution >= 0.6 is 11.3 Å². The van der Waals surface area contributed by atoms with Crippen LogP contribution < -0.4 is 5.32 Å². The maximum Gasteiger partial charge on any atom is 0.220 e. The van der Waals surface area contributed by atoms with Crippen LogP contribution in [0.4, 0.5) is 0 Å². The van der Waals surface area contributed by atoms with Crippen LogP contribution in [0.5, 0.6) is 0 Å². The summed E-state index contributed by atoms with van der Waals surface area (Å²) in [6.07, 6.45) is 1.66. The molecule has 0 fully saturated rings. The standard InChI is InChI=1S/C15H23NO3S/c1-3-11(4-2)13(18)10-16-15(19)8-7-12(17)14-6-5-9-20-14/h5-6,9,11,13,18H,3-4,7-8,10H2,1-2H3,(H,16,19). The van der Waals surface area contributed by atoms with E-state index in [0.717, 1.165) is 12.8 Å². The van der Waals surface area contributed by atoms with Crippen molar-refractivity contribution in [2.24, 2.45) is 5.92 Å². The normalized spacial score (nSPS) is 12.4. The van der Waals surface area contributed by atoms with Gasteiger partial charge in [-0.05, 0) is 17.4 Å². The van der Waals surface area contributed by atoms with Gasteiger partial charge < -0.3 is 10.4 Å². The Morgan fingerprint density at radius 2 is 2.00 bits per heavy atom. The summed E-state index contributed by atoms with van der Waals surface area (Å²) in [5.74, 6) is 0.0265. The van der Waals surface area contributed by atoms with E-state index in [2.05, 4.69) is 5.32 Å². The molecule has 1 amide bonds. The largest absolute Gasteiger partial charge is 0.391 e. The van der Waals surface area contributed by atoms with Crippen LogP contribution in [0.2, 0.25) is 0 Å². The molecule has 0 aromatic carbocycles. The first-order chi connectivity index (χ1) is 9.58. The SMILES string of the molecule is CCC(CC)C(O)CNC(=O)CCC(=O)c1cccs1. The number of thiophene rings is 1. The van der Waals surface area contributed by atoms with E-state index in [9.17, 15) is 14.7 Å². The van der Waals surface area contributed by atoms with Crippen LogP contribution in [0.1, 0.15) is 49.2 Å². The van der Waals surface area contributed by atoms with Gasteiger partial charge in [-0.3, -0.25) is 9.59 Å². The van der Waals surface area contributed by atoms with Crippen molar-refractivity contribution >= 4 is 23.0 Å². The third-order valence-corrected chi connectivity index (χ3v) is 4.39. The molecule has 20 heavy (non-hydrogen) atoms. The number of aliphatic hydroxyl groups is 1. The Balaban J connectivity index is 2.25. The molecule has 0 aliphatic rings. The molecule has 0 spiro atoms. The molecule has 1 heterocycles. The van der Waals surface area contributed by atoms with E-state index in [0.29, 0.717) is 4.88 Å². The van der Waals surface area contributed by atoms with E-state index in [1.54, 1.807) is 6.07 Å². The summed E-state index contributed by atoms with van der Waals surface area (Å²) in [7, 11) is 0. The minimum Gasteiger partial charge on any atom is -0.391 e. The van der Waals surface area contributed by atoms with Crippen LogP contribution in [-0.2, 0) is 4.79 Å². The Bertz CT molecular complexity index is 413. The van der Waals surface area contributed by atoms with Crippen molar-refractivity contribution < 1.29 is 14.7 Å². The average Bonchev–Trinajstić information content (AvgIpc) is 2.98. The summed E-state index contributed by atoms with van der Waals surface area (Å²) >= 11 is 1.39. The fourth-order valence-corrected chi connectivity index (χ4v) is 2.79. The van der Waals surface area contributed by atoms with Crippen molar-refractivity contribution in [3.8, 4) is 0 Å². The first kappa shape index (κ1) is 16.9. The maximum absolute atomic E-state index is 11.7. The Kier molecular flexibility index (Phi) is 7.47. The molecule has 2 N–H and O–H groups in total. The van der Waals surface area contributed by atoms with Crippen molar-refractivity contribution in [1.29, 1.82) is 0 Å². The summed E-state index contributed by atoms with van der Waals surface area (Å²) in [5.41, 5.74) is 0. The molecule has 0 saturated heterocycles. The number of hydrogen-bond donors (Lipinski definition) is 2. The predicted octanol–water partition coefficient (Wildman–Crippen LogP) is 2.62. The van der Waals surface area contributed by atoms with Gasteiger partial charge in [0.2, 0.25) is 5.91 Å². The molecule has 112 valence electrons. The summed E-state index contributed by atoms with van der Waals surface area (Å²) in [6.45, 7) is 4.32. The van der Waals surface area contributed by atoms with E-state index in [1.807, 2.05) is 25.3 Å². The lowest BCUT2D eigenvalue weighted by Gasteiger charge is -2.20. The third-order valence-electron chi connectivity index (χ3n) is 3.48. The summed E-state index contributed by atoms with van der Waals surface area (Å²) < 4.78 is 0. The number of aliphatic hydroxyl groups excluding tert-OH is 1. The number of rotatable bonds is 9. The zero-order chi connectivity index (χ0) is 15.0. The molecule has 5 heteroatoms. The minimum absolute atomic E-state index is 0.00399. The van der Waals surface area contributed by atoms with Crippen LogP contribution in [0.25, 0.3) is 0 Å². The lowest BCUT2D eigenvalue weighted by atomic mass is 9.96.